The van der Waals surface area contributed by atoms with Crippen molar-refractivity contribution in [2.24, 2.45) is 17.8 Å². The van der Waals surface area contributed by atoms with Crippen molar-refractivity contribution in [2.45, 2.75) is 44.2 Å². The van der Waals surface area contributed by atoms with Gasteiger partial charge < -0.3 is 20.7 Å². The predicted molar refractivity (Wildman–Crippen MR) is 112 cm³/mol. The molecule has 0 radical (unpaired) electrons. The summed E-state index contributed by atoms with van der Waals surface area (Å²) in [5.74, 6) is 2.19. The molecule has 28 heavy (non-hydrogen) atoms. The lowest BCUT2D eigenvalue weighted by Gasteiger charge is -2.41. The van der Waals surface area contributed by atoms with Gasteiger partial charge in [0.1, 0.15) is 12.4 Å². The monoisotopic (exact) mass is 425 g/mol. The molecule has 1 aromatic rings. The Labute approximate surface area is 176 Å². The molecule has 1 aromatic carbocycles. The number of hydrogen-bond donors (Lipinski definition) is 3. The van der Waals surface area contributed by atoms with Gasteiger partial charge in [0, 0.05) is 30.7 Å². The molecule has 3 N–H and O–H groups in total. The van der Waals surface area contributed by atoms with Crippen molar-refractivity contribution in [1.82, 2.24) is 16.0 Å². The molecule has 3 aliphatic carbocycles. The molecular weight excluding hydrogens is 397 g/mol. The first-order valence-electron chi connectivity index (χ1n) is 10.3. The van der Waals surface area contributed by atoms with Gasteiger partial charge in [0.15, 0.2) is 0 Å². The van der Waals surface area contributed by atoms with Crippen LogP contribution in [0, 0.1) is 17.8 Å². The van der Waals surface area contributed by atoms with Gasteiger partial charge >= 0.3 is 0 Å². The van der Waals surface area contributed by atoms with Crippen LogP contribution in [0.1, 0.15) is 32.6 Å². The summed E-state index contributed by atoms with van der Waals surface area (Å²) in [5.41, 5.74) is 0.0150. The van der Waals surface area contributed by atoms with E-state index in [4.69, 9.17) is 27.9 Å². The maximum Gasteiger partial charge on any atom is 0.225 e. The Kier molecular flexibility index (Phi) is 6.07. The maximum absolute atomic E-state index is 12.8. The summed E-state index contributed by atoms with van der Waals surface area (Å²) in [6.45, 7) is 5.37. The SMILES string of the molecule is CC1CCNCC1C(=O)NC12CC(C1)C(NCCOc1ccc(Cl)c(Cl)c1)C2. The van der Waals surface area contributed by atoms with Gasteiger partial charge in [0.2, 0.25) is 5.91 Å². The number of carbonyl (C=O) groups is 1. The summed E-state index contributed by atoms with van der Waals surface area (Å²) in [6, 6.07) is 5.77. The molecule has 1 heterocycles. The fourth-order valence-electron chi connectivity index (χ4n) is 5.05. The molecule has 5 rings (SSSR count). The lowest BCUT2D eigenvalue weighted by molar-refractivity contribution is -0.129. The minimum atomic E-state index is 0.0150. The lowest BCUT2D eigenvalue weighted by atomic mass is 9.76. The summed E-state index contributed by atoms with van der Waals surface area (Å²) in [7, 11) is 0. The number of carbonyl (C=O) groups excluding carboxylic acids is 1. The first-order chi connectivity index (χ1) is 13.5. The van der Waals surface area contributed by atoms with Gasteiger partial charge in [-0.1, -0.05) is 30.1 Å². The van der Waals surface area contributed by atoms with E-state index in [9.17, 15) is 4.79 Å². The van der Waals surface area contributed by atoms with Crippen LogP contribution in [-0.4, -0.2) is 43.7 Å². The average Bonchev–Trinajstić information content (AvgIpc) is 3.16. The highest BCUT2D eigenvalue weighted by Gasteiger charge is 2.56. The van der Waals surface area contributed by atoms with Crippen molar-refractivity contribution in [1.29, 1.82) is 0 Å². The van der Waals surface area contributed by atoms with Crippen molar-refractivity contribution in [3.63, 3.8) is 0 Å². The Balaban J connectivity index is 1.20. The zero-order chi connectivity index (χ0) is 19.7. The largest absolute Gasteiger partial charge is 0.492 e. The van der Waals surface area contributed by atoms with Crippen LogP contribution in [0.5, 0.6) is 5.75 Å². The van der Waals surface area contributed by atoms with Gasteiger partial charge in [0.25, 0.3) is 0 Å². The summed E-state index contributed by atoms with van der Waals surface area (Å²) < 4.78 is 5.75. The number of rotatable bonds is 7. The number of amides is 1. The Hall–Kier alpha value is -1.01. The van der Waals surface area contributed by atoms with Crippen LogP contribution >= 0.6 is 23.2 Å². The highest BCUT2D eigenvalue weighted by Crippen LogP contribution is 2.52. The number of halogens is 2. The third kappa shape index (κ3) is 4.28. The Morgan fingerprint density at radius 1 is 1.29 bits per heavy atom. The quantitative estimate of drug-likeness (QED) is 0.586. The summed E-state index contributed by atoms with van der Waals surface area (Å²) in [4.78, 5) is 12.8. The second-order valence-corrected chi connectivity index (χ2v) is 9.52. The van der Waals surface area contributed by atoms with Gasteiger partial charge in [-0.2, -0.15) is 0 Å². The molecule has 4 aliphatic rings. The number of ether oxygens (including phenoxy) is 1. The molecule has 1 saturated heterocycles. The number of benzene rings is 1. The molecule has 0 spiro atoms. The fraction of sp³-hybridized carbons (Fsp3) is 0.667. The zero-order valence-corrected chi connectivity index (χ0v) is 17.8. The van der Waals surface area contributed by atoms with Crippen molar-refractivity contribution in [2.75, 3.05) is 26.2 Å². The summed E-state index contributed by atoms with van der Waals surface area (Å²) in [6.07, 6.45) is 4.29. The zero-order valence-electron chi connectivity index (χ0n) is 16.3. The maximum atomic E-state index is 12.8. The lowest BCUT2D eigenvalue weighted by Crippen LogP contribution is -2.56. The minimum absolute atomic E-state index is 0.0150. The van der Waals surface area contributed by atoms with Crippen molar-refractivity contribution in [3.8, 4) is 5.75 Å². The Bertz CT molecular complexity index is 724. The summed E-state index contributed by atoms with van der Waals surface area (Å²) >= 11 is 11.9. The standard InChI is InChI=1S/C21H29Cl2N3O2/c1-13-4-5-24-12-16(13)20(27)26-21-9-14(10-21)19(11-21)25-6-7-28-15-2-3-17(22)18(23)8-15/h2-3,8,13-14,16,19,24-25H,4-7,9-12H2,1H3,(H,26,27). The van der Waals surface area contributed by atoms with Crippen LogP contribution in [0.2, 0.25) is 10.0 Å². The molecule has 1 amide bonds. The van der Waals surface area contributed by atoms with Gasteiger partial charge in [-0.05, 0) is 56.2 Å². The molecule has 4 fully saturated rings. The van der Waals surface area contributed by atoms with E-state index >= 15 is 0 Å². The number of hydrogen-bond acceptors (Lipinski definition) is 4. The van der Waals surface area contributed by atoms with E-state index in [-0.39, 0.29) is 17.4 Å². The number of fused-ring (bicyclic) bond motifs is 1. The molecule has 0 aromatic heterocycles. The summed E-state index contributed by atoms with van der Waals surface area (Å²) in [5, 5.41) is 11.4. The topological polar surface area (TPSA) is 62.4 Å². The number of piperidine rings is 1. The molecular formula is C21H29Cl2N3O2. The van der Waals surface area contributed by atoms with Crippen LogP contribution in [0.3, 0.4) is 0 Å². The molecule has 154 valence electrons. The molecule has 3 saturated carbocycles. The van der Waals surface area contributed by atoms with Crippen molar-refractivity contribution < 1.29 is 9.53 Å². The minimum Gasteiger partial charge on any atom is -0.492 e. The van der Waals surface area contributed by atoms with E-state index in [1.54, 1.807) is 12.1 Å². The normalized spacial score (nSPS) is 34.0. The molecule has 3 unspecified atom stereocenters. The third-order valence-electron chi connectivity index (χ3n) is 6.71. The smallest absolute Gasteiger partial charge is 0.225 e. The highest BCUT2D eigenvalue weighted by molar-refractivity contribution is 6.42. The van der Waals surface area contributed by atoms with Gasteiger partial charge in [-0.25, -0.2) is 0 Å². The van der Waals surface area contributed by atoms with Gasteiger partial charge in [-0.15, -0.1) is 0 Å². The first kappa shape index (κ1) is 20.3. The van der Waals surface area contributed by atoms with Crippen molar-refractivity contribution >= 4 is 29.1 Å². The van der Waals surface area contributed by atoms with Crippen LogP contribution in [0.4, 0.5) is 0 Å². The van der Waals surface area contributed by atoms with E-state index in [1.165, 1.54) is 0 Å². The van der Waals surface area contributed by atoms with E-state index in [0.29, 0.717) is 34.5 Å². The highest BCUT2D eigenvalue weighted by atomic mass is 35.5. The van der Waals surface area contributed by atoms with E-state index in [0.717, 1.165) is 51.1 Å². The fourth-order valence-corrected chi connectivity index (χ4v) is 5.34. The Morgan fingerprint density at radius 2 is 2.11 bits per heavy atom. The van der Waals surface area contributed by atoms with Gasteiger partial charge in [0.05, 0.1) is 16.0 Å². The third-order valence-corrected chi connectivity index (χ3v) is 7.45. The Morgan fingerprint density at radius 3 is 2.86 bits per heavy atom. The van der Waals surface area contributed by atoms with Crippen LogP contribution in [0.15, 0.2) is 18.2 Å². The van der Waals surface area contributed by atoms with E-state index < -0.39 is 0 Å². The molecule has 3 atom stereocenters. The van der Waals surface area contributed by atoms with Crippen molar-refractivity contribution in [3.05, 3.63) is 28.2 Å². The number of nitrogens with one attached hydrogen (secondary N) is 3. The van der Waals surface area contributed by atoms with Crippen LogP contribution in [0.25, 0.3) is 0 Å². The average molecular weight is 426 g/mol. The molecule has 2 bridgehead atoms. The molecule has 1 aliphatic heterocycles. The predicted octanol–water partition coefficient (Wildman–Crippen LogP) is 3.24. The van der Waals surface area contributed by atoms with Crippen LogP contribution < -0.4 is 20.7 Å². The van der Waals surface area contributed by atoms with E-state index in [2.05, 4.69) is 22.9 Å². The first-order valence-corrected chi connectivity index (χ1v) is 11.1. The van der Waals surface area contributed by atoms with Crippen LogP contribution in [-0.2, 0) is 4.79 Å². The second kappa shape index (κ2) is 8.39. The van der Waals surface area contributed by atoms with E-state index in [1.807, 2.05) is 6.07 Å². The van der Waals surface area contributed by atoms with Gasteiger partial charge in [-0.3, -0.25) is 4.79 Å². The molecule has 5 nitrogen and oxygen atoms in total. The molecule has 7 heteroatoms. The second-order valence-electron chi connectivity index (χ2n) is 8.70.